The van der Waals surface area contributed by atoms with Crippen LogP contribution in [0.1, 0.15) is 23.7 Å². The Morgan fingerprint density at radius 3 is 2.88 bits per heavy atom. The smallest absolute Gasteiger partial charge is 0.145 e. The van der Waals surface area contributed by atoms with E-state index in [1.165, 1.54) is 0 Å². The highest BCUT2D eigenvalue weighted by Gasteiger charge is 2.10. The molecule has 0 radical (unpaired) electrons. The summed E-state index contributed by atoms with van der Waals surface area (Å²) < 4.78 is 11.2. The van der Waals surface area contributed by atoms with Crippen LogP contribution < -0.4 is 0 Å². The molecule has 5 heteroatoms. The summed E-state index contributed by atoms with van der Waals surface area (Å²) in [5.74, 6) is 0.506. The first-order valence-electron chi connectivity index (χ1n) is 5.03. The molecule has 0 aromatic carbocycles. The van der Waals surface area contributed by atoms with Crippen molar-refractivity contribution in [3.63, 3.8) is 0 Å². The second-order valence-corrected chi connectivity index (χ2v) is 4.91. The van der Waals surface area contributed by atoms with E-state index < -0.39 is 10.8 Å². The molecule has 0 spiro atoms. The predicted molar refractivity (Wildman–Crippen MR) is 66.5 cm³/mol. The van der Waals surface area contributed by atoms with Crippen molar-refractivity contribution in [3.05, 3.63) is 23.0 Å². The van der Waals surface area contributed by atoms with Crippen LogP contribution in [-0.2, 0) is 16.6 Å². The van der Waals surface area contributed by atoms with Crippen molar-refractivity contribution in [1.82, 2.24) is 4.98 Å². The lowest BCUT2D eigenvalue weighted by atomic mass is 10.1. The number of aromatic nitrogens is 1. The minimum atomic E-state index is -0.960. The highest BCUT2D eigenvalue weighted by atomic mass is 32.2. The van der Waals surface area contributed by atoms with Crippen molar-refractivity contribution in [3.8, 4) is 5.75 Å². The zero-order chi connectivity index (χ0) is 12.1. The monoisotopic (exact) mass is 240 g/mol. The summed E-state index contributed by atoms with van der Waals surface area (Å²) in [7, 11) is -0.960. The Hall–Kier alpha value is -1.23. The lowest BCUT2D eigenvalue weighted by molar-refractivity contribution is 0.466. The van der Waals surface area contributed by atoms with Gasteiger partial charge in [0.25, 0.3) is 0 Å². The summed E-state index contributed by atoms with van der Waals surface area (Å²) in [5.41, 5.74) is 1.95. The van der Waals surface area contributed by atoms with Crippen LogP contribution in [-0.4, -0.2) is 33.3 Å². The third kappa shape index (κ3) is 3.13. The van der Waals surface area contributed by atoms with E-state index in [1.807, 2.05) is 6.92 Å². The highest BCUT2D eigenvalue weighted by molar-refractivity contribution is 7.83. The third-order valence-corrected chi connectivity index (χ3v) is 2.84. The van der Waals surface area contributed by atoms with Crippen LogP contribution in [0.4, 0.5) is 0 Å². The Kier molecular flexibility index (Phi) is 4.61. The SMILES string of the molecule is CCN=Cc1c(CS(C)=O)cnc(C)c1O. The molecule has 1 rings (SSSR count). The molecule has 0 amide bonds. The minimum absolute atomic E-state index is 0.125. The van der Waals surface area contributed by atoms with Crippen LogP contribution in [0, 0.1) is 6.92 Å². The molecule has 4 nitrogen and oxygen atoms in total. The first-order valence-corrected chi connectivity index (χ1v) is 6.76. The first-order chi connectivity index (χ1) is 7.56. The van der Waals surface area contributed by atoms with E-state index >= 15 is 0 Å². The Labute approximate surface area is 97.9 Å². The molecule has 1 heterocycles. The lowest BCUT2D eigenvalue weighted by Crippen LogP contribution is -2.01. The normalized spacial score (nSPS) is 13.2. The summed E-state index contributed by atoms with van der Waals surface area (Å²) in [4.78, 5) is 8.15. The molecule has 1 atom stereocenters. The van der Waals surface area contributed by atoms with Crippen LogP contribution in [0.3, 0.4) is 0 Å². The van der Waals surface area contributed by atoms with Crippen molar-refractivity contribution in [2.24, 2.45) is 4.99 Å². The van der Waals surface area contributed by atoms with E-state index in [4.69, 9.17) is 0 Å². The number of rotatable bonds is 4. The van der Waals surface area contributed by atoms with Crippen molar-refractivity contribution >= 4 is 17.0 Å². The number of aliphatic imine (C=N–C) groups is 1. The van der Waals surface area contributed by atoms with Gasteiger partial charge in [-0.3, -0.25) is 14.2 Å². The molecule has 1 aromatic rings. The average Bonchev–Trinajstić information content (AvgIpc) is 2.22. The number of aryl methyl sites for hydroxylation is 1. The molecule has 16 heavy (non-hydrogen) atoms. The molecule has 88 valence electrons. The molecule has 0 fully saturated rings. The number of hydrogen-bond acceptors (Lipinski definition) is 4. The average molecular weight is 240 g/mol. The Morgan fingerprint density at radius 2 is 2.31 bits per heavy atom. The van der Waals surface area contributed by atoms with Gasteiger partial charge in [0.05, 0.1) is 11.4 Å². The van der Waals surface area contributed by atoms with E-state index in [-0.39, 0.29) is 5.75 Å². The Bertz CT molecular complexity index is 430. The quantitative estimate of drug-likeness (QED) is 0.809. The van der Waals surface area contributed by atoms with E-state index in [0.29, 0.717) is 23.6 Å². The third-order valence-electron chi connectivity index (χ3n) is 2.12. The summed E-state index contributed by atoms with van der Waals surface area (Å²) in [6.07, 6.45) is 4.89. The fourth-order valence-electron chi connectivity index (χ4n) is 1.31. The molecule has 0 aliphatic heterocycles. The van der Waals surface area contributed by atoms with Gasteiger partial charge in [0.15, 0.2) is 0 Å². The fourth-order valence-corrected chi connectivity index (χ4v) is 1.98. The topological polar surface area (TPSA) is 62.5 Å². The molecule has 1 N–H and O–H groups in total. The van der Waals surface area contributed by atoms with Gasteiger partial charge >= 0.3 is 0 Å². The summed E-state index contributed by atoms with van der Waals surface area (Å²) >= 11 is 0. The van der Waals surface area contributed by atoms with Gasteiger partial charge in [-0.1, -0.05) is 0 Å². The molecular weight excluding hydrogens is 224 g/mol. The number of nitrogens with zero attached hydrogens (tertiary/aromatic N) is 2. The largest absolute Gasteiger partial charge is 0.505 e. The van der Waals surface area contributed by atoms with Gasteiger partial charge in [0, 0.05) is 41.6 Å². The van der Waals surface area contributed by atoms with Crippen LogP contribution in [0.15, 0.2) is 11.2 Å². The molecule has 1 unspecified atom stereocenters. The van der Waals surface area contributed by atoms with Gasteiger partial charge < -0.3 is 5.11 Å². The highest BCUT2D eigenvalue weighted by Crippen LogP contribution is 2.22. The predicted octanol–water partition coefficient (Wildman–Crippen LogP) is 1.41. The number of aromatic hydroxyl groups is 1. The Balaban J connectivity index is 3.21. The maximum Gasteiger partial charge on any atom is 0.145 e. The van der Waals surface area contributed by atoms with Gasteiger partial charge in [-0.2, -0.15) is 0 Å². The first kappa shape index (κ1) is 12.8. The second kappa shape index (κ2) is 5.75. The van der Waals surface area contributed by atoms with Crippen LogP contribution in [0.5, 0.6) is 5.75 Å². The molecule has 1 aromatic heterocycles. The van der Waals surface area contributed by atoms with Crippen molar-refractivity contribution in [2.75, 3.05) is 12.8 Å². The zero-order valence-corrected chi connectivity index (χ0v) is 10.5. The van der Waals surface area contributed by atoms with Crippen molar-refractivity contribution in [1.29, 1.82) is 0 Å². The second-order valence-electron chi connectivity index (χ2n) is 3.48. The number of hydrogen-bond donors (Lipinski definition) is 1. The van der Waals surface area contributed by atoms with Crippen LogP contribution >= 0.6 is 0 Å². The van der Waals surface area contributed by atoms with Gasteiger partial charge in [-0.15, -0.1) is 0 Å². The molecule has 0 saturated carbocycles. The Morgan fingerprint density at radius 1 is 1.62 bits per heavy atom. The fraction of sp³-hybridized carbons (Fsp3) is 0.455. The van der Waals surface area contributed by atoms with Gasteiger partial charge in [-0.25, -0.2) is 0 Å². The lowest BCUT2D eigenvalue weighted by Gasteiger charge is -2.08. The standard InChI is InChI=1S/C11H16N2O2S/c1-4-12-6-10-9(7-16(3)15)5-13-8(2)11(10)14/h5-6,14H,4,7H2,1-3H3. The van der Waals surface area contributed by atoms with Crippen LogP contribution in [0.2, 0.25) is 0 Å². The molecule has 0 saturated heterocycles. The molecule has 0 bridgehead atoms. The van der Waals surface area contributed by atoms with E-state index in [1.54, 1.807) is 25.6 Å². The zero-order valence-electron chi connectivity index (χ0n) is 9.73. The number of pyridine rings is 1. The molecule has 0 aliphatic carbocycles. The summed E-state index contributed by atoms with van der Waals surface area (Å²) in [6.45, 7) is 4.29. The van der Waals surface area contributed by atoms with Gasteiger partial charge in [0.1, 0.15) is 5.75 Å². The van der Waals surface area contributed by atoms with Crippen molar-refractivity contribution in [2.45, 2.75) is 19.6 Å². The molecular formula is C11H16N2O2S. The summed E-state index contributed by atoms with van der Waals surface area (Å²) in [6, 6.07) is 0. The maximum atomic E-state index is 11.2. The minimum Gasteiger partial charge on any atom is -0.505 e. The molecule has 0 aliphatic rings. The van der Waals surface area contributed by atoms with Crippen molar-refractivity contribution < 1.29 is 9.32 Å². The van der Waals surface area contributed by atoms with E-state index in [2.05, 4.69) is 9.98 Å². The maximum absolute atomic E-state index is 11.2. The van der Waals surface area contributed by atoms with E-state index in [9.17, 15) is 9.32 Å². The summed E-state index contributed by atoms with van der Waals surface area (Å²) in [5, 5.41) is 9.87. The van der Waals surface area contributed by atoms with Gasteiger partial charge in [0.2, 0.25) is 0 Å². The van der Waals surface area contributed by atoms with Crippen LogP contribution in [0.25, 0.3) is 0 Å². The van der Waals surface area contributed by atoms with E-state index in [0.717, 1.165) is 5.56 Å². The van der Waals surface area contributed by atoms with Gasteiger partial charge in [-0.05, 0) is 19.4 Å².